The second kappa shape index (κ2) is 5.13. The van der Waals surface area contributed by atoms with Gasteiger partial charge in [0.15, 0.2) is 0 Å². The molecular weight excluding hydrogens is 403 g/mol. The van der Waals surface area contributed by atoms with Gasteiger partial charge in [-0.2, -0.15) is 0 Å². The highest BCUT2D eigenvalue weighted by Gasteiger charge is 2.17. The maximum Gasteiger partial charge on any atom is 0.396 e. The maximum absolute atomic E-state index is 11.2. The van der Waals surface area contributed by atoms with Crippen molar-refractivity contribution in [1.29, 1.82) is 0 Å². The first-order valence-electron chi connectivity index (χ1n) is 4.49. The van der Waals surface area contributed by atoms with Crippen LogP contribution in [0.15, 0.2) is 27.1 Å². The molecule has 0 bridgehead atoms. The SMILES string of the molecule is COC(=O)c1nnc(-c2cc(I)ccc2Br)o1. The van der Waals surface area contributed by atoms with Crippen molar-refractivity contribution in [2.45, 2.75) is 0 Å². The molecule has 1 aromatic heterocycles. The normalized spacial score (nSPS) is 10.3. The molecule has 7 heteroatoms. The fourth-order valence-electron chi connectivity index (χ4n) is 1.16. The lowest BCUT2D eigenvalue weighted by Crippen LogP contribution is -2.00. The molecule has 0 aliphatic carbocycles. The van der Waals surface area contributed by atoms with Crippen LogP contribution >= 0.6 is 38.5 Å². The highest BCUT2D eigenvalue weighted by Crippen LogP contribution is 2.28. The number of methoxy groups -OCH3 is 1. The topological polar surface area (TPSA) is 65.2 Å². The summed E-state index contributed by atoms with van der Waals surface area (Å²) in [6.07, 6.45) is 0. The lowest BCUT2D eigenvalue weighted by atomic mass is 10.2. The second-order valence-corrected chi connectivity index (χ2v) is 5.13. The standard InChI is InChI=1S/C10H6BrIN2O3/c1-16-10(15)9-14-13-8(17-9)6-4-5(12)2-3-7(6)11/h2-4H,1H3. The van der Waals surface area contributed by atoms with Crippen molar-refractivity contribution in [3.8, 4) is 11.5 Å². The first kappa shape index (κ1) is 12.5. The van der Waals surface area contributed by atoms with Crippen LogP contribution in [0.3, 0.4) is 0 Å². The monoisotopic (exact) mass is 408 g/mol. The summed E-state index contributed by atoms with van der Waals surface area (Å²) in [4.78, 5) is 11.2. The summed E-state index contributed by atoms with van der Waals surface area (Å²) in [6, 6.07) is 5.68. The summed E-state index contributed by atoms with van der Waals surface area (Å²) in [5.74, 6) is -0.533. The van der Waals surface area contributed by atoms with Gasteiger partial charge < -0.3 is 9.15 Å². The molecular formula is C10H6BrIN2O3. The van der Waals surface area contributed by atoms with Gasteiger partial charge in [-0.05, 0) is 56.7 Å². The summed E-state index contributed by atoms with van der Waals surface area (Å²) in [5, 5.41) is 7.43. The van der Waals surface area contributed by atoms with Gasteiger partial charge in [0.1, 0.15) is 0 Å². The molecule has 5 nitrogen and oxygen atoms in total. The van der Waals surface area contributed by atoms with Gasteiger partial charge in [0.05, 0.1) is 12.7 Å². The Morgan fingerprint density at radius 1 is 1.47 bits per heavy atom. The average molecular weight is 409 g/mol. The minimum Gasteiger partial charge on any atom is -0.462 e. The van der Waals surface area contributed by atoms with Gasteiger partial charge in [-0.25, -0.2) is 4.79 Å². The Morgan fingerprint density at radius 2 is 2.24 bits per heavy atom. The Bertz CT molecular complexity index is 570. The van der Waals surface area contributed by atoms with Crippen LogP contribution in [0.2, 0.25) is 0 Å². The number of halogens is 2. The smallest absolute Gasteiger partial charge is 0.396 e. The van der Waals surface area contributed by atoms with Gasteiger partial charge in [0.25, 0.3) is 0 Å². The van der Waals surface area contributed by atoms with Gasteiger partial charge >= 0.3 is 11.9 Å². The number of carbonyl (C=O) groups is 1. The second-order valence-electron chi connectivity index (χ2n) is 3.03. The third-order valence-electron chi connectivity index (χ3n) is 1.94. The number of esters is 1. The van der Waals surface area contributed by atoms with Crippen LogP contribution in [-0.2, 0) is 4.74 Å². The molecule has 0 aliphatic heterocycles. The fraction of sp³-hybridized carbons (Fsp3) is 0.100. The minimum atomic E-state index is -0.648. The van der Waals surface area contributed by atoms with Crippen LogP contribution in [0.25, 0.3) is 11.5 Å². The van der Waals surface area contributed by atoms with E-state index in [4.69, 9.17) is 4.42 Å². The molecule has 0 radical (unpaired) electrons. The van der Waals surface area contributed by atoms with Crippen LogP contribution in [-0.4, -0.2) is 23.3 Å². The molecule has 0 saturated carbocycles. The largest absolute Gasteiger partial charge is 0.462 e. The molecule has 1 heterocycles. The van der Waals surface area contributed by atoms with E-state index in [-0.39, 0.29) is 11.8 Å². The van der Waals surface area contributed by atoms with Gasteiger partial charge in [0.2, 0.25) is 5.89 Å². The van der Waals surface area contributed by atoms with Gasteiger partial charge in [-0.15, -0.1) is 10.2 Å². The lowest BCUT2D eigenvalue weighted by Gasteiger charge is -1.99. The quantitative estimate of drug-likeness (QED) is 0.564. The van der Waals surface area contributed by atoms with E-state index in [2.05, 4.69) is 53.5 Å². The molecule has 0 amide bonds. The van der Waals surface area contributed by atoms with Crippen LogP contribution < -0.4 is 0 Å². The zero-order valence-corrected chi connectivity index (χ0v) is 12.4. The van der Waals surface area contributed by atoms with E-state index in [0.29, 0.717) is 0 Å². The van der Waals surface area contributed by atoms with Crippen LogP contribution in [0.5, 0.6) is 0 Å². The molecule has 0 spiro atoms. The average Bonchev–Trinajstić information content (AvgIpc) is 2.80. The first-order chi connectivity index (χ1) is 8.11. The molecule has 2 aromatic rings. The third kappa shape index (κ3) is 2.65. The molecule has 2 rings (SSSR count). The Kier molecular flexibility index (Phi) is 3.77. The molecule has 0 saturated heterocycles. The predicted molar refractivity (Wildman–Crippen MR) is 71.5 cm³/mol. The number of aromatic nitrogens is 2. The van der Waals surface area contributed by atoms with Crippen LogP contribution in [0.1, 0.15) is 10.7 Å². The molecule has 0 aliphatic rings. The first-order valence-corrected chi connectivity index (χ1v) is 6.36. The number of hydrogen-bond donors (Lipinski definition) is 0. The van der Waals surface area contributed by atoms with Crippen LogP contribution in [0.4, 0.5) is 0 Å². The van der Waals surface area contributed by atoms with Gasteiger partial charge in [0, 0.05) is 8.04 Å². The van der Waals surface area contributed by atoms with Crippen molar-refractivity contribution in [3.63, 3.8) is 0 Å². The zero-order valence-electron chi connectivity index (χ0n) is 8.61. The molecule has 0 fully saturated rings. The van der Waals surface area contributed by atoms with E-state index in [1.165, 1.54) is 7.11 Å². The number of carbonyl (C=O) groups excluding carboxylic acids is 1. The lowest BCUT2D eigenvalue weighted by molar-refractivity contribution is 0.0556. The number of benzene rings is 1. The number of ether oxygens (including phenoxy) is 1. The van der Waals surface area contributed by atoms with E-state index in [1.807, 2.05) is 18.2 Å². The Morgan fingerprint density at radius 3 is 2.94 bits per heavy atom. The zero-order chi connectivity index (χ0) is 12.4. The highest BCUT2D eigenvalue weighted by atomic mass is 127. The van der Waals surface area contributed by atoms with E-state index in [9.17, 15) is 4.79 Å². The molecule has 0 atom stereocenters. The van der Waals surface area contributed by atoms with Crippen molar-refractivity contribution in [1.82, 2.24) is 10.2 Å². The summed E-state index contributed by atoms with van der Waals surface area (Å²) < 4.78 is 11.6. The summed E-state index contributed by atoms with van der Waals surface area (Å²) in [6.45, 7) is 0. The molecule has 0 N–H and O–H groups in total. The molecule has 88 valence electrons. The Balaban J connectivity index is 2.43. The summed E-state index contributed by atoms with van der Waals surface area (Å²) in [7, 11) is 1.26. The number of hydrogen-bond acceptors (Lipinski definition) is 5. The van der Waals surface area contributed by atoms with Crippen molar-refractivity contribution < 1.29 is 13.9 Å². The third-order valence-corrected chi connectivity index (χ3v) is 3.31. The molecule has 0 unspecified atom stereocenters. The van der Waals surface area contributed by atoms with Gasteiger partial charge in [-0.3, -0.25) is 0 Å². The van der Waals surface area contributed by atoms with E-state index >= 15 is 0 Å². The molecule has 1 aromatic carbocycles. The van der Waals surface area contributed by atoms with Gasteiger partial charge in [-0.1, -0.05) is 0 Å². The van der Waals surface area contributed by atoms with Crippen molar-refractivity contribution in [3.05, 3.63) is 32.1 Å². The van der Waals surface area contributed by atoms with Crippen molar-refractivity contribution in [2.24, 2.45) is 0 Å². The highest BCUT2D eigenvalue weighted by molar-refractivity contribution is 14.1. The van der Waals surface area contributed by atoms with Crippen LogP contribution in [0, 0.1) is 3.57 Å². The summed E-state index contributed by atoms with van der Waals surface area (Å²) in [5.41, 5.74) is 0.736. The fourth-order valence-corrected chi connectivity index (χ4v) is 2.07. The number of nitrogens with zero attached hydrogens (tertiary/aromatic N) is 2. The minimum absolute atomic E-state index is 0.159. The maximum atomic E-state index is 11.2. The van der Waals surface area contributed by atoms with E-state index in [0.717, 1.165) is 13.6 Å². The summed E-state index contributed by atoms with van der Waals surface area (Å²) >= 11 is 5.56. The van der Waals surface area contributed by atoms with E-state index < -0.39 is 5.97 Å². The van der Waals surface area contributed by atoms with Crippen molar-refractivity contribution >= 4 is 44.5 Å². The van der Waals surface area contributed by atoms with E-state index in [1.54, 1.807) is 0 Å². The van der Waals surface area contributed by atoms with Crippen molar-refractivity contribution in [2.75, 3.05) is 7.11 Å². The molecule has 17 heavy (non-hydrogen) atoms. The predicted octanol–water partition coefficient (Wildman–Crippen LogP) is 2.89. The number of rotatable bonds is 2. The Labute approximate surface area is 119 Å². The Hall–Kier alpha value is -0.960.